The highest BCUT2D eigenvalue weighted by Crippen LogP contribution is 2.46. The molecule has 2 fully saturated rings. The summed E-state index contributed by atoms with van der Waals surface area (Å²) in [7, 11) is 1.53. The minimum absolute atomic E-state index is 0.0843. The Kier molecular flexibility index (Phi) is 5.62. The summed E-state index contributed by atoms with van der Waals surface area (Å²) < 4.78 is 5.72. The fraction of sp³-hybridized carbons (Fsp3) is 0.444. The number of benzene rings is 1. The topological polar surface area (TPSA) is 121 Å². The van der Waals surface area contributed by atoms with Crippen molar-refractivity contribution in [2.45, 2.75) is 56.7 Å². The maximum absolute atomic E-state index is 13.6. The van der Waals surface area contributed by atoms with E-state index < -0.39 is 17.6 Å². The molecule has 0 radical (unpaired) electrons. The zero-order chi connectivity index (χ0) is 25.7. The molecule has 3 heterocycles. The summed E-state index contributed by atoms with van der Waals surface area (Å²) in [5.74, 6) is -0.297. The lowest BCUT2D eigenvalue weighted by atomic mass is 9.94. The number of amides is 5. The zero-order valence-electron chi connectivity index (χ0n) is 20.7. The number of nitrogens with zero attached hydrogens (tertiary/aromatic N) is 3. The van der Waals surface area contributed by atoms with E-state index in [2.05, 4.69) is 15.6 Å². The van der Waals surface area contributed by atoms with Crippen LogP contribution in [0.5, 0.6) is 0 Å². The van der Waals surface area contributed by atoms with Gasteiger partial charge in [0.2, 0.25) is 11.5 Å². The molecule has 37 heavy (non-hydrogen) atoms. The van der Waals surface area contributed by atoms with E-state index in [1.807, 2.05) is 11.0 Å². The third-order valence-corrected chi connectivity index (χ3v) is 8.08. The largest absolute Gasteiger partial charge is 0.427 e. The number of nitrogens with one attached hydrogen (secondary N) is 2. The number of carbonyl (C=O) groups excluding carboxylic acids is 4. The molecule has 1 saturated heterocycles. The number of urea groups is 1. The van der Waals surface area contributed by atoms with Crippen molar-refractivity contribution in [3.05, 3.63) is 58.9 Å². The SMILES string of the molecule is CNC(=O)Nc1ccc2c(c1)CC[C@@]21OC(=O)N(CC(=O)N2Cc3cnccc3CC[C@@H]2C2CC2)C1=O. The van der Waals surface area contributed by atoms with Crippen molar-refractivity contribution in [2.24, 2.45) is 5.92 Å². The molecule has 2 aliphatic heterocycles. The molecule has 10 heteroatoms. The number of imide groups is 1. The summed E-state index contributed by atoms with van der Waals surface area (Å²) in [4.78, 5) is 58.9. The average molecular weight is 504 g/mol. The van der Waals surface area contributed by atoms with Gasteiger partial charge in [-0.25, -0.2) is 14.5 Å². The fourth-order valence-electron chi connectivity index (χ4n) is 6.00. The molecule has 5 amide bonds. The summed E-state index contributed by atoms with van der Waals surface area (Å²) in [6, 6.07) is 6.92. The summed E-state index contributed by atoms with van der Waals surface area (Å²) in [6.07, 6.45) is 7.51. The molecular weight excluding hydrogens is 474 g/mol. The third kappa shape index (κ3) is 4.00. The molecule has 0 bridgehead atoms. The summed E-state index contributed by atoms with van der Waals surface area (Å²) >= 11 is 0. The van der Waals surface area contributed by atoms with Crippen LogP contribution in [0.3, 0.4) is 0 Å². The standard InChI is InChI=1S/C27H29N5O5/c1-28-25(35)30-20-5-6-21-18(12-20)8-10-27(21)24(34)32(26(36)37-27)15-23(33)31-14-19-13-29-11-9-16(19)4-7-22(31)17-2-3-17/h5-6,9,11-13,17,22H,2-4,7-8,10,14-15H2,1H3,(H2,28,30,35)/t22-,27-/m1/s1. The summed E-state index contributed by atoms with van der Waals surface area (Å²) in [5.41, 5.74) is 2.79. The van der Waals surface area contributed by atoms with Gasteiger partial charge in [-0.2, -0.15) is 0 Å². The molecule has 0 unspecified atom stereocenters. The molecule has 4 aliphatic rings. The van der Waals surface area contributed by atoms with Gasteiger partial charge < -0.3 is 20.3 Å². The van der Waals surface area contributed by atoms with Gasteiger partial charge in [0.05, 0.1) is 0 Å². The van der Waals surface area contributed by atoms with E-state index in [0.29, 0.717) is 36.6 Å². The predicted molar refractivity (Wildman–Crippen MR) is 132 cm³/mol. The Hall–Kier alpha value is -3.95. The van der Waals surface area contributed by atoms with Crippen LogP contribution >= 0.6 is 0 Å². The molecule has 6 rings (SSSR count). The van der Waals surface area contributed by atoms with E-state index in [4.69, 9.17) is 4.74 Å². The first-order chi connectivity index (χ1) is 17.9. The molecule has 1 aromatic heterocycles. The number of hydrogen-bond acceptors (Lipinski definition) is 6. The number of hydrogen-bond donors (Lipinski definition) is 2. The second kappa shape index (κ2) is 8.86. The molecule has 2 atom stereocenters. The maximum Gasteiger partial charge on any atom is 0.418 e. The molecular formula is C27H29N5O5. The van der Waals surface area contributed by atoms with E-state index in [1.165, 1.54) is 12.6 Å². The fourth-order valence-corrected chi connectivity index (χ4v) is 6.00. The molecule has 192 valence electrons. The first-order valence-corrected chi connectivity index (χ1v) is 12.8. The molecule has 1 aromatic carbocycles. The quantitative estimate of drug-likeness (QED) is 0.662. The second-order valence-corrected chi connectivity index (χ2v) is 10.3. The normalized spacial score (nSPS) is 24.4. The van der Waals surface area contributed by atoms with E-state index in [-0.39, 0.29) is 24.5 Å². The van der Waals surface area contributed by atoms with Gasteiger partial charge in [0, 0.05) is 49.7 Å². The van der Waals surface area contributed by atoms with Gasteiger partial charge in [0.25, 0.3) is 5.91 Å². The Bertz CT molecular complexity index is 1310. The first-order valence-electron chi connectivity index (χ1n) is 12.8. The number of pyridine rings is 1. The Labute approximate surface area is 214 Å². The molecule has 2 aromatic rings. The Morgan fingerprint density at radius 1 is 1.11 bits per heavy atom. The number of carbonyl (C=O) groups is 4. The van der Waals surface area contributed by atoms with Gasteiger partial charge >= 0.3 is 12.1 Å². The lowest BCUT2D eigenvalue weighted by Gasteiger charge is -2.31. The highest BCUT2D eigenvalue weighted by atomic mass is 16.6. The van der Waals surface area contributed by atoms with Crippen LogP contribution in [-0.4, -0.2) is 58.4 Å². The van der Waals surface area contributed by atoms with Gasteiger partial charge in [-0.05, 0) is 72.9 Å². The van der Waals surface area contributed by atoms with Gasteiger partial charge in [-0.15, -0.1) is 0 Å². The van der Waals surface area contributed by atoms with Gasteiger partial charge in [-0.3, -0.25) is 14.6 Å². The van der Waals surface area contributed by atoms with Crippen molar-refractivity contribution in [2.75, 3.05) is 18.9 Å². The van der Waals surface area contributed by atoms with Crippen molar-refractivity contribution >= 4 is 29.6 Å². The Morgan fingerprint density at radius 3 is 2.73 bits per heavy atom. The highest BCUT2D eigenvalue weighted by Gasteiger charge is 2.58. The van der Waals surface area contributed by atoms with Crippen molar-refractivity contribution in [1.29, 1.82) is 0 Å². The minimum Gasteiger partial charge on any atom is -0.427 e. The molecule has 1 saturated carbocycles. The van der Waals surface area contributed by atoms with Crippen LogP contribution in [0.1, 0.15) is 47.9 Å². The average Bonchev–Trinajstić information content (AvgIpc) is 3.66. The van der Waals surface area contributed by atoms with Gasteiger partial charge in [-0.1, -0.05) is 6.07 Å². The van der Waals surface area contributed by atoms with Crippen LogP contribution in [0.25, 0.3) is 0 Å². The van der Waals surface area contributed by atoms with Crippen LogP contribution in [0.15, 0.2) is 36.7 Å². The van der Waals surface area contributed by atoms with Crippen LogP contribution in [0.2, 0.25) is 0 Å². The van der Waals surface area contributed by atoms with Crippen molar-refractivity contribution in [3.63, 3.8) is 0 Å². The van der Waals surface area contributed by atoms with E-state index in [9.17, 15) is 19.2 Å². The minimum atomic E-state index is -1.43. The molecule has 1 spiro atoms. The maximum atomic E-state index is 13.6. The van der Waals surface area contributed by atoms with Gasteiger partial charge in [0.1, 0.15) is 6.54 Å². The van der Waals surface area contributed by atoms with E-state index in [0.717, 1.165) is 41.7 Å². The summed E-state index contributed by atoms with van der Waals surface area (Å²) in [5, 5.41) is 5.21. The van der Waals surface area contributed by atoms with Crippen molar-refractivity contribution in [3.8, 4) is 0 Å². The van der Waals surface area contributed by atoms with E-state index in [1.54, 1.807) is 30.6 Å². The molecule has 2 aliphatic carbocycles. The Balaban J connectivity index is 1.23. The van der Waals surface area contributed by atoms with Crippen LogP contribution in [-0.2, 0) is 39.3 Å². The predicted octanol–water partition coefficient (Wildman–Crippen LogP) is 2.71. The van der Waals surface area contributed by atoms with Crippen LogP contribution in [0, 0.1) is 5.92 Å². The Morgan fingerprint density at radius 2 is 1.95 bits per heavy atom. The first kappa shape index (κ1) is 23.4. The van der Waals surface area contributed by atoms with Crippen molar-refractivity contribution < 1.29 is 23.9 Å². The second-order valence-electron chi connectivity index (χ2n) is 10.3. The van der Waals surface area contributed by atoms with Crippen molar-refractivity contribution in [1.82, 2.24) is 20.1 Å². The number of aromatic nitrogens is 1. The van der Waals surface area contributed by atoms with Gasteiger partial charge in [0.15, 0.2) is 0 Å². The highest BCUT2D eigenvalue weighted by molar-refractivity contribution is 6.06. The zero-order valence-corrected chi connectivity index (χ0v) is 20.7. The number of aryl methyl sites for hydroxylation is 2. The number of rotatable bonds is 4. The smallest absolute Gasteiger partial charge is 0.418 e. The lowest BCUT2D eigenvalue weighted by molar-refractivity contribution is -0.143. The third-order valence-electron chi connectivity index (χ3n) is 8.08. The lowest BCUT2D eigenvalue weighted by Crippen LogP contribution is -2.48. The molecule has 10 nitrogen and oxygen atoms in total. The number of anilines is 1. The number of ether oxygens (including phenoxy) is 1. The molecule has 2 N–H and O–H groups in total. The van der Waals surface area contributed by atoms with Crippen LogP contribution in [0.4, 0.5) is 15.3 Å². The number of fused-ring (bicyclic) bond motifs is 3. The summed E-state index contributed by atoms with van der Waals surface area (Å²) in [6.45, 7) is 0.0826. The van der Waals surface area contributed by atoms with Crippen LogP contribution < -0.4 is 10.6 Å². The van der Waals surface area contributed by atoms with E-state index >= 15 is 0 Å². The monoisotopic (exact) mass is 503 g/mol.